The number of alkyl halides is 3. The average molecular weight is 576 g/mol. The number of thiophene rings is 1. The number of carbonyl (C=O) groups excluding carboxylic acids is 2. The second kappa shape index (κ2) is 9.89. The fraction of sp³-hybridized carbons (Fsp3) is 0.238. The Bertz CT molecular complexity index is 1530. The van der Waals surface area contributed by atoms with Gasteiger partial charge in [-0.25, -0.2) is 18.2 Å². The SMILES string of the molecule is N=C(N)c1cc(CN2CC[C@H](NS(=O)(=O)c3cc4nc(Cl)ccc4s3)C2=O)ccc1OC(=O)C(F)(F)F. The highest BCUT2D eigenvalue weighted by Crippen LogP contribution is 2.30. The molecule has 0 radical (unpaired) electrons. The van der Waals surface area contributed by atoms with Crippen molar-refractivity contribution in [1.29, 1.82) is 5.41 Å². The highest BCUT2D eigenvalue weighted by Gasteiger charge is 2.42. The summed E-state index contributed by atoms with van der Waals surface area (Å²) < 4.78 is 70.6. The molecule has 2 aromatic heterocycles. The van der Waals surface area contributed by atoms with Crippen LogP contribution in [0.15, 0.2) is 40.6 Å². The van der Waals surface area contributed by atoms with Gasteiger partial charge in [-0.15, -0.1) is 11.3 Å². The van der Waals surface area contributed by atoms with Crippen molar-refractivity contribution in [3.8, 4) is 5.75 Å². The van der Waals surface area contributed by atoms with Crippen LogP contribution in [0.1, 0.15) is 17.5 Å². The number of nitrogens with one attached hydrogen (secondary N) is 2. The predicted octanol–water partition coefficient (Wildman–Crippen LogP) is 2.78. The van der Waals surface area contributed by atoms with Gasteiger partial charge in [0.15, 0.2) is 0 Å². The second-order valence-corrected chi connectivity index (χ2v) is 11.3. The van der Waals surface area contributed by atoms with Crippen molar-refractivity contribution in [3.05, 3.63) is 52.7 Å². The number of nitrogens with two attached hydrogens (primary N) is 1. The third kappa shape index (κ3) is 5.84. The number of aromatic nitrogens is 1. The number of carbonyl (C=O) groups is 2. The van der Waals surface area contributed by atoms with E-state index in [4.69, 9.17) is 22.7 Å². The molecule has 0 saturated carbocycles. The number of hydrogen-bond acceptors (Lipinski definition) is 8. The Hall–Kier alpha value is -3.27. The lowest BCUT2D eigenvalue weighted by molar-refractivity contribution is -0.189. The zero-order chi connectivity index (χ0) is 27.1. The summed E-state index contributed by atoms with van der Waals surface area (Å²) in [7, 11) is -4.04. The quantitative estimate of drug-likeness (QED) is 0.129. The van der Waals surface area contributed by atoms with Crippen molar-refractivity contribution >= 4 is 60.9 Å². The number of amidine groups is 1. The number of esters is 1. The van der Waals surface area contributed by atoms with Crippen LogP contribution in [0.5, 0.6) is 5.75 Å². The number of amides is 1. The molecule has 4 N–H and O–H groups in total. The lowest BCUT2D eigenvalue weighted by Crippen LogP contribution is -2.41. The van der Waals surface area contributed by atoms with Crippen molar-refractivity contribution in [2.75, 3.05) is 6.54 Å². The van der Waals surface area contributed by atoms with Crippen LogP contribution < -0.4 is 15.2 Å². The number of halogens is 4. The van der Waals surface area contributed by atoms with Gasteiger partial charge in [0.05, 0.1) is 15.8 Å². The van der Waals surface area contributed by atoms with Crippen LogP contribution in [-0.4, -0.2) is 54.8 Å². The summed E-state index contributed by atoms with van der Waals surface area (Å²) in [6.07, 6.45) is -5.07. The summed E-state index contributed by atoms with van der Waals surface area (Å²) in [6.45, 7) is 0.145. The standard InChI is InChI=1S/C21H17ClF3N5O5S2/c22-16-4-3-15-13(28-16)8-17(36-15)37(33,34)29-12-5-6-30(19(12)31)9-10-1-2-14(11(7-10)18(26)27)35-20(32)21(23,24)25/h1-4,7-8,12,29H,5-6,9H2,(H3,26,27)/t12-/m0/s1. The molecule has 3 heterocycles. The summed E-state index contributed by atoms with van der Waals surface area (Å²) in [4.78, 5) is 29.5. The first-order valence-corrected chi connectivity index (χ1v) is 13.1. The van der Waals surface area contributed by atoms with Gasteiger partial charge >= 0.3 is 12.1 Å². The molecule has 1 aliphatic rings. The number of rotatable bonds is 7. The Morgan fingerprint density at radius 3 is 2.70 bits per heavy atom. The zero-order valence-electron chi connectivity index (χ0n) is 18.5. The van der Waals surface area contributed by atoms with Crippen LogP contribution in [0.4, 0.5) is 13.2 Å². The molecule has 1 aliphatic heterocycles. The lowest BCUT2D eigenvalue weighted by atomic mass is 10.1. The van der Waals surface area contributed by atoms with E-state index in [1.165, 1.54) is 29.2 Å². The molecule has 3 aromatic rings. The molecule has 10 nitrogen and oxygen atoms in total. The van der Waals surface area contributed by atoms with Gasteiger partial charge < -0.3 is 15.4 Å². The van der Waals surface area contributed by atoms with Gasteiger partial charge in [0.1, 0.15) is 27.0 Å². The molecule has 4 rings (SSSR count). The summed E-state index contributed by atoms with van der Waals surface area (Å²) in [5.41, 5.74) is 5.94. The van der Waals surface area contributed by atoms with Gasteiger partial charge in [0.2, 0.25) is 5.91 Å². The number of benzene rings is 1. The Balaban J connectivity index is 1.47. The van der Waals surface area contributed by atoms with Crippen LogP contribution in [-0.2, 0) is 26.2 Å². The molecular weight excluding hydrogens is 559 g/mol. The largest absolute Gasteiger partial charge is 0.491 e. The van der Waals surface area contributed by atoms with Gasteiger partial charge in [-0.2, -0.15) is 17.9 Å². The highest BCUT2D eigenvalue weighted by atomic mass is 35.5. The van der Waals surface area contributed by atoms with E-state index in [-0.39, 0.29) is 34.4 Å². The Morgan fingerprint density at radius 1 is 1.30 bits per heavy atom. The molecule has 196 valence electrons. The second-order valence-electron chi connectivity index (χ2n) is 7.94. The lowest BCUT2D eigenvalue weighted by Gasteiger charge is -2.18. The number of nitrogen functional groups attached to an aromatic ring is 1. The van der Waals surface area contributed by atoms with Gasteiger partial charge in [-0.3, -0.25) is 10.2 Å². The Labute approximate surface area is 216 Å². The third-order valence-corrected chi connectivity index (χ3v) is 8.56. The fourth-order valence-electron chi connectivity index (χ4n) is 3.61. The van der Waals surface area contributed by atoms with E-state index in [0.717, 1.165) is 17.4 Å². The van der Waals surface area contributed by atoms with Crippen LogP contribution in [0.25, 0.3) is 10.2 Å². The maximum absolute atomic E-state index is 12.9. The van der Waals surface area contributed by atoms with Gasteiger partial charge in [0, 0.05) is 13.1 Å². The van der Waals surface area contributed by atoms with Gasteiger partial charge in [-0.05, 0) is 42.3 Å². The topological polar surface area (TPSA) is 156 Å². The first-order valence-electron chi connectivity index (χ1n) is 10.4. The van der Waals surface area contributed by atoms with Crippen molar-refractivity contribution < 1.29 is 35.9 Å². The first kappa shape index (κ1) is 26.8. The van der Waals surface area contributed by atoms with Crippen molar-refractivity contribution in [3.63, 3.8) is 0 Å². The molecule has 37 heavy (non-hydrogen) atoms. The molecule has 0 bridgehead atoms. The normalized spacial score (nSPS) is 16.4. The maximum Gasteiger partial charge on any atom is 0.491 e. The van der Waals surface area contributed by atoms with E-state index in [0.29, 0.717) is 15.8 Å². The number of hydrogen-bond donors (Lipinski definition) is 3. The summed E-state index contributed by atoms with van der Waals surface area (Å²) in [5.74, 6) is -4.19. The summed E-state index contributed by atoms with van der Waals surface area (Å²) in [6, 6.07) is 7.08. The minimum Gasteiger partial charge on any atom is -0.419 e. The van der Waals surface area contributed by atoms with Crippen LogP contribution >= 0.6 is 22.9 Å². The number of nitrogens with zero attached hydrogens (tertiary/aromatic N) is 2. The van der Waals surface area contributed by atoms with E-state index in [1.54, 1.807) is 6.07 Å². The third-order valence-electron chi connectivity index (χ3n) is 5.32. The van der Waals surface area contributed by atoms with Crippen LogP contribution in [0, 0.1) is 5.41 Å². The van der Waals surface area contributed by atoms with E-state index >= 15 is 0 Å². The minimum atomic E-state index is -5.24. The van der Waals surface area contributed by atoms with Crippen molar-refractivity contribution in [2.45, 2.75) is 29.4 Å². The molecule has 1 aromatic carbocycles. The molecular formula is C21H17ClF3N5O5S2. The minimum absolute atomic E-state index is 0.0291. The van der Waals surface area contributed by atoms with Gasteiger partial charge in [-0.1, -0.05) is 17.7 Å². The molecule has 0 unspecified atom stereocenters. The first-order chi connectivity index (χ1) is 17.2. The van der Waals surface area contributed by atoms with E-state index < -0.39 is 45.7 Å². The molecule has 1 saturated heterocycles. The average Bonchev–Trinajstić information content (AvgIpc) is 3.38. The van der Waals surface area contributed by atoms with Crippen LogP contribution in [0.2, 0.25) is 5.15 Å². The molecule has 16 heteroatoms. The number of pyridine rings is 1. The fourth-order valence-corrected chi connectivity index (χ4v) is 6.33. The molecule has 0 spiro atoms. The smallest absolute Gasteiger partial charge is 0.419 e. The monoisotopic (exact) mass is 575 g/mol. The molecule has 1 amide bonds. The van der Waals surface area contributed by atoms with Gasteiger partial charge in [0.25, 0.3) is 10.0 Å². The maximum atomic E-state index is 12.9. The van der Waals surface area contributed by atoms with E-state index in [9.17, 15) is 31.2 Å². The van der Waals surface area contributed by atoms with E-state index in [1.807, 2.05) is 0 Å². The highest BCUT2D eigenvalue weighted by molar-refractivity contribution is 7.91. The predicted molar refractivity (Wildman–Crippen MR) is 128 cm³/mol. The van der Waals surface area contributed by atoms with Crippen molar-refractivity contribution in [1.82, 2.24) is 14.6 Å². The Kier molecular flexibility index (Phi) is 7.16. The van der Waals surface area contributed by atoms with E-state index in [2.05, 4.69) is 14.4 Å². The van der Waals surface area contributed by atoms with Crippen LogP contribution in [0.3, 0.4) is 0 Å². The van der Waals surface area contributed by atoms with Crippen molar-refractivity contribution in [2.24, 2.45) is 5.73 Å². The number of likely N-dealkylation sites (tertiary alicyclic amines) is 1. The summed E-state index contributed by atoms with van der Waals surface area (Å²) >= 11 is 6.83. The summed E-state index contributed by atoms with van der Waals surface area (Å²) in [5, 5.41) is 7.81. The zero-order valence-corrected chi connectivity index (χ0v) is 20.9. The molecule has 1 atom stereocenters. The Morgan fingerprint density at radius 2 is 2.03 bits per heavy atom. The number of ether oxygens (including phenoxy) is 1. The number of fused-ring (bicyclic) bond motifs is 1. The number of sulfonamides is 1. The molecule has 1 fully saturated rings. The molecule has 0 aliphatic carbocycles.